The van der Waals surface area contributed by atoms with Gasteiger partial charge in [-0.3, -0.25) is 9.69 Å². The molecule has 1 fully saturated rings. The summed E-state index contributed by atoms with van der Waals surface area (Å²) in [5, 5.41) is 9.18. The minimum atomic E-state index is -0.710. The molecule has 0 saturated carbocycles. The van der Waals surface area contributed by atoms with Crippen LogP contribution in [0.5, 0.6) is 0 Å². The summed E-state index contributed by atoms with van der Waals surface area (Å²) in [6.45, 7) is 1.54. The number of carbonyl (C=O) groups is 1. The first-order valence-corrected chi connectivity index (χ1v) is 6.53. The number of likely N-dealkylation sites (tertiary alicyclic amines) is 1. The molecule has 2 heterocycles. The summed E-state index contributed by atoms with van der Waals surface area (Å²) in [6, 6.07) is 3.53. The first-order chi connectivity index (χ1) is 8.16. The van der Waals surface area contributed by atoms with Crippen molar-refractivity contribution in [1.82, 2.24) is 9.88 Å². The maximum absolute atomic E-state index is 11.2. The second-order valence-corrected chi connectivity index (χ2v) is 5.12. The number of nitrogens with zero attached hydrogens (tertiary/aromatic N) is 2. The lowest BCUT2D eigenvalue weighted by atomic mass is 10.0. The van der Waals surface area contributed by atoms with E-state index in [-0.39, 0.29) is 6.04 Å². The first kappa shape index (κ1) is 12.5. The van der Waals surface area contributed by atoms with Crippen molar-refractivity contribution in [2.75, 3.05) is 6.54 Å². The van der Waals surface area contributed by atoms with E-state index in [0.717, 1.165) is 36.0 Å². The molecule has 4 nitrogen and oxygen atoms in total. The highest BCUT2D eigenvalue weighted by Crippen LogP contribution is 2.20. The van der Waals surface area contributed by atoms with Gasteiger partial charge in [-0.05, 0) is 53.0 Å². The lowest BCUT2D eigenvalue weighted by Crippen LogP contribution is -2.43. The maximum atomic E-state index is 11.2. The summed E-state index contributed by atoms with van der Waals surface area (Å²) >= 11 is 3.33. The average Bonchev–Trinajstić information content (AvgIpc) is 2.29. The number of hydrogen-bond donors (Lipinski definition) is 1. The van der Waals surface area contributed by atoms with Gasteiger partial charge in [0.05, 0.1) is 0 Å². The Hall–Kier alpha value is -0.940. The van der Waals surface area contributed by atoms with Gasteiger partial charge >= 0.3 is 5.97 Å². The molecule has 1 unspecified atom stereocenters. The van der Waals surface area contributed by atoms with E-state index < -0.39 is 5.97 Å². The lowest BCUT2D eigenvalue weighted by molar-refractivity contribution is -0.144. The number of aromatic nitrogens is 1. The van der Waals surface area contributed by atoms with Gasteiger partial charge in [-0.2, -0.15) is 0 Å². The van der Waals surface area contributed by atoms with Gasteiger partial charge in [-0.1, -0.05) is 6.42 Å². The van der Waals surface area contributed by atoms with Gasteiger partial charge in [0.1, 0.15) is 10.6 Å². The zero-order chi connectivity index (χ0) is 12.3. The van der Waals surface area contributed by atoms with Crippen LogP contribution < -0.4 is 0 Å². The van der Waals surface area contributed by atoms with Crippen LogP contribution in [-0.4, -0.2) is 33.5 Å². The third-order valence-electron chi connectivity index (χ3n) is 3.08. The number of piperidine rings is 1. The second kappa shape index (κ2) is 5.60. The van der Waals surface area contributed by atoms with Gasteiger partial charge in [0.15, 0.2) is 0 Å². The Bertz CT molecular complexity index is 411. The van der Waals surface area contributed by atoms with Crippen LogP contribution >= 0.6 is 15.9 Å². The monoisotopic (exact) mass is 298 g/mol. The van der Waals surface area contributed by atoms with Crippen molar-refractivity contribution in [3.05, 3.63) is 28.5 Å². The van der Waals surface area contributed by atoms with Gasteiger partial charge < -0.3 is 5.11 Å². The Morgan fingerprint density at radius 3 is 3.12 bits per heavy atom. The summed E-state index contributed by atoms with van der Waals surface area (Å²) in [5.41, 5.74) is 1.10. The van der Waals surface area contributed by atoms with E-state index in [0.29, 0.717) is 6.54 Å². The van der Waals surface area contributed by atoms with E-state index in [1.165, 1.54) is 0 Å². The molecule has 17 heavy (non-hydrogen) atoms. The van der Waals surface area contributed by atoms with Crippen molar-refractivity contribution >= 4 is 21.9 Å². The third-order valence-corrected chi connectivity index (χ3v) is 3.51. The quantitative estimate of drug-likeness (QED) is 0.870. The molecule has 0 spiro atoms. The third kappa shape index (κ3) is 3.26. The topological polar surface area (TPSA) is 53.4 Å². The number of carboxylic acids is 1. The van der Waals surface area contributed by atoms with Crippen molar-refractivity contribution in [2.24, 2.45) is 0 Å². The van der Waals surface area contributed by atoms with E-state index in [1.807, 2.05) is 17.0 Å². The maximum Gasteiger partial charge on any atom is 0.320 e. The Labute approximate surface area is 109 Å². The number of halogens is 1. The molecule has 0 amide bonds. The van der Waals surface area contributed by atoms with Gasteiger partial charge in [-0.25, -0.2) is 4.98 Å². The van der Waals surface area contributed by atoms with Crippen molar-refractivity contribution in [3.8, 4) is 0 Å². The molecule has 1 aliphatic rings. The lowest BCUT2D eigenvalue weighted by Gasteiger charge is -2.32. The summed E-state index contributed by atoms with van der Waals surface area (Å²) in [4.78, 5) is 17.3. The Balaban J connectivity index is 2.08. The standard InChI is InChI=1S/C12H15BrN2O2/c13-11-7-9(4-5-14-11)8-15-6-2-1-3-10(15)12(16)17/h4-5,7,10H,1-3,6,8H2,(H,16,17). The number of pyridine rings is 1. The van der Waals surface area contributed by atoms with Crippen molar-refractivity contribution in [1.29, 1.82) is 0 Å². The first-order valence-electron chi connectivity index (χ1n) is 5.74. The van der Waals surface area contributed by atoms with Crippen LogP contribution in [0.4, 0.5) is 0 Å². The van der Waals surface area contributed by atoms with Crippen LogP contribution in [0.3, 0.4) is 0 Å². The van der Waals surface area contributed by atoms with Crippen LogP contribution in [0.25, 0.3) is 0 Å². The summed E-state index contributed by atoms with van der Waals surface area (Å²) in [7, 11) is 0. The molecule has 0 radical (unpaired) electrons. The van der Waals surface area contributed by atoms with E-state index >= 15 is 0 Å². The molecule has 1 atom stereocenters. The fraction of sp³-hybridized carbons (Fsp3) is 0.500. The average molecular weight is 299 g/mol. The Kier molecular flexibility index (Phi) is 4.12. The smallest absolute Gasteiger partial charge is 0.320 e. The van der Waals surface area contributed by atoms with E-state index in [9.17, 15) is 9.90 Å². The molecule has 2 rings (SSSR count). The van der Waals surface area contributed by atoms with E-state index in [2.05, 4.69) is 20.9 Å². The van der Waals surface area contributed by atoms with Crippen molar-refractivity contribution in [3.63, 3.8) is 0 Å². The van der Waals surface area contributed by atoms with Gasteiger partial charge in [-0.15, -0.1) is 0 Å². The SMILES string of the molecule is O=C(O)C1CCCCN1Cc1ccnc(Br)c1. The fourth-order valence-electron chi connectivity index (χ4n) is 2.24. The zero-order valence-electron chi connectivity index (χ0n) is 9.47. The highest BCUT2D eigenvalue weighted by atomic mass is 79.9. The highest BCUT2D eigenvalue weighted by molar-refractivity contribution is 9.10. The van der Waals surface area contributed by atoms with Gasteiger partial charge in [0.25, 0.3) is 0 Å². The molecule has 5 heteroatoms. The number of carboxylic acid groups (broad SMARTS) is 1. The van der Waals surface area contributed by atoms with Crippen LogP contribution in [0, 0.1) is 0 Å². The predicted molar refractivity (Wildman–Crippen MR) is 67.6 cm³/mol. The summed E-state index contributed by atoms with van der Waals surface area (Å²) in [6.07, 6.45) is 4.57. The molecule has 1 saturated heterocycles. The predicted octanol–water partition coefficient (Wildman–Crippen LogP) is 2.28. The fourth-order valence-corrected chi connectivity index (χ4v) is 2.65. The minimum absolute atomic E-state index is 0.337. The zero-order valence-corrected chi connectivity index (χ0v) is 11.1. The number of aliphatic carboxylic acids is 1. The summed E-state index contributed by atoms with van der Waals surface area (Å²) < 4.78 is 0.791. The highest BCUT2D eigenvalue weighted by Gasteiger charge is 2.28. The summed E-state index contributed by atoms with van der Waals surface area (Å²) in [5.74, 6) is -0.710. The second-order valence-electron chi connectivity index (χ2n) is 4.31. The molecule has 1 aromatic rings. The Morgan fingerprint density at radius 2 is 2.41 bits per heavy atom. The number of hydrogen-bond acceptors (Lipinski definition) is 3. The molecule has 0 aliphatic carbocycles. The normalized spacial score (nSPS) is 21.4. The van der Waals surface area contributed by atoms with Crippen LogP contribution in [-0.2, 0) is 11.3 Å². The molecule has 0 bridgehead atoms. The van der Waals surface area contributed by atoms with E-state index in [4.69, 9.17) is 0 Å². The molecular weight excluding hydrogens is 284 g/mol. The molecular formula is C12H15BrN2O2. The van der Waals surface area contributed by atoms with Crippen molar-refractivity contribution < 1.29 is 9.90 Å². The Morgan fingerprint density at radius 1 is 1.59 bits per heavy atom. The van der Waals surface area contributed by atoms with Gasteiger partial charge in [0.2, 0.25) is 0 Å². The molecule has 1 N–H and O–H groups in total. The van der Waals surface area contributed by atoms with Gasteiger partial charge in [0, 0.05) is 12.7 Å². The number of rotatable bonds is 3. The van der Waals surface area contributed by atoms with Crippen molar-refractivity contribution in [2.45, 2.75) is 31.8 Å². The minimum Gasteiger partial charge on any atom is -0.480 e. The van der Waals surface area contributed by atoms with Crippen LogP contribution in [0.1, 0.15) is 24.8 Å². The van der Waals surface area contributed by atoms with Crippen LogP contribution in [0.15, 0.2) is 22.9 Å². The van der Waals surface area contributed by atoms with Crippen LogP contribution in [0.2, 0.25) is 0 Å². The molecule has 1 aromatic heterocycles. The van der Waals surface area contributed by atoms with E-state index in [1.54, 1.807) is 6.20 Å². The molecule has 0 aromatic carbocycles. The molecule has 92 valence electrons. The molecule has 1 aliphatic heterocycles. The largest absolute Gasteiger partial charge is 0.480 e.